The van der Waals surface area contributed by atoms with Gasteiger partial charge in [-0.3, -0.25) is 9.59 Å². The van der Waals surface area contributed by atoms with E-state index in [9.17, 15) is 37.4 Å². The van der Waals surface area contributed by atoms with Crippen LogP contribution in [0.3, 0.4) is 0 Å². The van der Waals surface area contributed by atoms with Crippen molar-refractivity contribution in [2.75, 3.05) is 0 Å². The standard InChI is InChI=1S/C26H31F4N7O5/c1-24(2,41)21-20(35-42-36-21)23(40)34-19(14-3-5-25(27,28)6-4-14)16-12-37-17(32-16)8-15(11-31-37)22(39)33-18(38)7-13-9-26(29,30)10-13/h8,11-14,19,22,39,41H,3-7,9-10H2,1-2H3,(H,33,38)(H,34,40)/t19-,22+/m0/s1. The highest BCUT2D eigenvalue weighted by Gasteiger charge is 2.46. The number of nitrogens with zero attached hydrogens (tertiary/aromatic N) is 5. The van der Waals surface area contributed by atoms with Gasteiger partial charge in [-0.25, -0.2) is 31.7 Å². The summed E-state index contributed by atoms with van der Waals surface area (Å²) >= 11 is 0. The number of nitrogens with one attached hydrogen (secondary N) is 2. The van der Waals surface area contributed by atoms with Crippen LogP contribution in [-0.2, 0) is 10.4 Å². The Bertz CT molecular complexity index is 1450. The zero-order valence-corrected chi connectivity index (χ0v) is 22.9. The molecule has 12 nitrogen and oxygen atoms in total. The number of imidazole rings is 1. The lowest BCUT2D eigenvalue weighted by Crippen LogP contribution is -2.39. The molecule has 2 atom stereocenters. The van der Waals surface area contributed by atoms with Crippen LogP contribution in [0.15, 0.2) is 23.1 Å². The number of hydrogen-bond donors (Lipinski definition) is 4. The van der Waals surface area contributed by atoms with E-state index in [0.29, 0.717) is 5.69 Å². The summed E-state index contributed by atoms with van der Waals surface area (Å²) in [4.78, 5) is 30.0. The van der Waals surface area contributed by atoms with Crippen LogP contribution >= 0.6 is 0 Å². The van der Waals surface area contributed by atoms with Gasteiger partial charge in [-0.05, 0) is 49.7 Å². The van der Waals surface area contributed by atoms with E-state index in [4.69, 9.17) is 0 Å². The zero-order chi connectivity index (χ0) is 30.4. The minimum atomic E-state index is -2.81. The molecule has 16 heteroatoms. The number of carbonyl (C=O) groups is 2. The number of carbonyl (C=O) groups excluding carboxylic acids is 2. The fourth-order valence-corrected chi connectivity index (χ4v) is 5.47. The second kappa shape index (κ2) is 10.9. The Kier molecular flexibility index (Phi) is 7.72. The summed E-state index contributed by atoms with van der Waals surface area (Å²) in [5.41, 5.74) is -1.20. The quantitative estimate of drug-likeness (QED) is 0.214. The molecule has 228 valence electrons. The molecule has 0 saturated heterocycles. The van der Waals surface area contributed by atoms with Gasteiger partial charge in [-0.2, -0.15) is 5.10 Å². The van der Waals surface area contributed by atoms with E-state index in [1.807, 2.05) is 0 Å². The van der Waals surface area contributed by atoms with Crippen LogP contribution in [0.5, 0.6) is 0 Å². The molecule has 5 rings (SSSR count). The van der Waals surface area contributed by atoms with E-state index in [1.165, 1.54) is 36.8 Å². The molecule has 0 bridgehead atoms. The molecule has 42 heavy (non-hydrogen) atoms. The summed E-state index contributed by atoms with van der Waals surface area (Å²) in [5.74, 6) is -7.78. The van der Waals surface area contributed by atoms with Gasteiger partial charge < -0.3 is 20.8 Å². The third-order valence-corrected chi connectivity index (χ3v) is 7.74. The first-order valence-corrected chi connectivity index (χ1v) is 13.5. The molecule has 0 aromatic carbocycles. The normalized spacial score (nSPS) is 20.6. The number of amides is 2. The van der Waals surface area contributed by atoms with Gasteiger partial charge >= 0.3 is 0 Å². The minimum Gasteiger partial charge on any atom is -0.384 e. The summed E-state index contributed by atoms with van der Waals surface area (Å²) in [5, 5.41) is 37.4. The molecule has 4 N–H and O–H groups in total. The number of halogens is 4. The number of aromatic nitrogens is 5. The lowest BCUT2D eigenvalue weighted by Gasteiger charge is -2.34. The first kappa shape index (κ1) is 29.8. The van der Waals surface area contributed by atoms with E-state index in [0.717, 1.165) is 0 Å². The number of hydrogen-bond acceptors (Lipinski definition) is 9. The van der Waals surface area contributed by atoms with Crippen molar-refractivity contribution in [1.82, 2.24) is 35.5 Å². The van der Waals surface area contributed by atoms with Gasteiger partial charge in [0.2, 0.25) is 17.8 Å². The number of alkyl halides is 4. The van der Waals surface area contributed by atoms with Gasteiger partial charge in [-0.15, -0.1) is 0 Å². The molecule has 3 heterocycles. The first-order chi connectivity index (χ1) is 19.6. The van der Waals surface area contributed by atoms with E-state index in [-0.39, 0.29) is 67.5 Å². The van der Waals surface area contributed by atoms with E-state index in [2.05, 4.69) is 35.7 Å². The smallest absolute Gasteiger partial charge is 0.276 e. The third kappa shape index (κ3) is 6.53. The second-order valence-electron chi connectivity index (χ2n) is 11.7. The Morgan fingerprint density at radius 3 is 2.48 bits per heavy atom. The van der Waals surface area contributed by atoms with Crippen LogP contribution in [0.25, 0.3) is 5.65 Å². The third-order valence-electron chi connectivity index (χ3n) is 7.74. The van der Waals surface area contributed by atoms with Gasteiger partial charge in [-0.1, -0.05) is 5.16 Å². The molecule has 2 fully saturated rings. The Labute approximate surface area is 236 Å². The summed E-state index contributed by atoms with van der Waals surface area (Å²) < 4.78 is 60.1. The molecule has 0 spiro atoms. The first-order valence-electron chi connectivity index (χ1n) is 13.5. The van der Waals surface area contributed by atoms with Crippen LogP contribution in [0.2, 0.25) is 0 Å². The van der Waals surface area contributed by atoms with Crippen molar-refractivity contribution < 1.29 is 42.0 Å². The highest BCUT2D eigenvalue weighted by Crippen LogP contribution is 2.44. The molecule has 0 aliphatic heterocycles. The topological polar surface area (TPSA) is 168 Å². The molecular weight excluding hydrogens is 566 g/mol. The van der Waals surface area contributed by atoms with Crippen LogP contribution in [0.1, 0.15) is 98.5 Å². The highest BCUT2D eigenvalue weighted by atomic mass is 19.3. The van der Waals surface area contributed by atoms with Gasteiger partial charge in [0, 0.05) is 37.7 Å². The van der Waals surface area contributed by atoms with Crippen LogP contribution in [-0.4, -0.2) is 58.8 Å². The Morgan fingerprint density at radius 1 is 1.14 bits per heavy atom. The van der Waals surface area contributed by atoms with Crippen molar-refractivity contribution in [3.63, 3.8) is 0 Å². The maximum absolute atomic E-state index is 14.0. The van der Waals surface area contributed by atoms with Crippen molar-refractivity contribution in [2.45, 2.75) is 88.5 Å². The van der Waals surface area contributed by atoms with Crippen molar-refractivity contribution in [2.24, 2.45) is 11.8 Å². The molecule has 0 radical (unpaired) electrons. The summed E-state index contributed by atoms with van der Waals surface area (Å²) in [6.07, 6.45) is -0.125. The molecule has 2 saturated carbocycles. The van der Waals surface area contributed by atoms with Gasteiger partial charge in [0.1, 0.15) is 11.3 Å². The maximum atomic E-state index is 14.0. The molecule has 3 aromatic rings. The second-order valence-corrected chi connectivity index (χ2v) is 11.7. The van der Waals surface area contributed by atoms with E-state index in [1.54, 1.807) is 0 Å². The summed E-state index contributed by atoms with van der Waals surface area (Å²) in [6, 6.07) is 0.594. The molecule has 2 aliphatic rings. The minimum absolute atomic E-state index is 0.0948. The Hall–Kier alpha value is -3.66. The molecule has 2 amide bonds. The largest absolute Gasteiger partial charge is 0.384 e. The number of rotatable bonds is 9. The fourth-order valence-electron chi connectivity index (χ4n) is 5.47. The van der Waals surface area contributed by atoms with Gasteiger partial charge in [0.25, 0.3) is 5.91 Å². The fraction of sp³-hybridized carbons (Fsp3) is 0.615. The number of fused-ring (bicyclic) bond motifs is 1. The summed E-state index contributed by atoms with van der Waals surface area (Å²) in [7, 11) is 0. The molecule has 3 aromatic heterocycles. The molecular formula is C26H31F4N7O5. The van der Waals surface area contributed by atoms with Crippen LogP contribution < -0.4 is 10.6 Å². The molecule has 2 aliphatic carbocycles. The number of aliphatic hydroxyl groups is 2. The van der Waals surface area contributed by atoms with Gasteiger partial charge in [0.15, 0.2) is 17.6 Å². The monoisotopic (exact) mass is 597 g/mol. The van der Waals surface area contributed by atoms with Crippen LogP contribution in [0, 0.1) is 11.8 Å². The predicted octanol–water partition coefficient (Wildman–Crippen LogP) is 3.18. The summed E-state index contributed by atoms with van der Waals surface area (Å²) in [6.45, 7) is 2.80. The SMILES string of the molecule is CC(C)(O)c1nonc1C(=O)N[C@H](c1cn2ncc([C@@H](O)NC(=O)CC3CC(F)(F)C3)cc2n1)C1CCC(F)(F)CC1. The van der Waals surface area contributed by atoms with Crippen molar-refractivity contribution in [3.05, 3.63) is 41.1 Å². The van der Waals surface area contributed by atoms with Gasteiger partial charge in [0.05, 0.1) is 24.1 Å². The van der Waals surface area contributed by atoms with Crippen molar-refractivity contribution >= 4 is 17.5 Å². The zero-order valence-electron chi connectivity index (χ0n) is 22.9. The Balaban J connectivity index is 1.35. The average molecular weight is 598 g/mol. The van der Waals surface area contributed by atoms with E-state index < -0.39 is 53.4 Å². The predicted molar refractivity (Wildman–Crippen MR) is 135 cm³/mol. The van der Waals surface area contributed by atoms with E-state index >= 15 is 0 Å². The molecule has 0 unspecified atom stereocenters. The van der Waals surface area contributed by atoms with Crippen LogP contribution in [0.4, 0.5) is 17.6 Å². The highest BCUT2D eigenvalue weighted by molar-refractivity contribution is 5.93. The maximum Gasteiger partial charge on any atom is 0.276 e. The average Bonchev–Trinajstić information content (AvgIpc) is 3.53. The van der Waals surface area contributed by atoms with Crippen molar-refractivity contribution in [1.29, 1.82) is 0 Å². The van der Waals surface area contributed by atoms with Crippen molar-refractivity contribution in [3.8, 4) is 0 Å². The Morgan fingerprint density at radius 2 is 1.83 bits per heavy atom. The lowest BCUT2D eigenvalue weighted by molar-refractivity contribution is -0.136. The number of aliphatic hydroxyl groups excluding tert-OH is 1. The lowest BCUT2D eigenvalue weighted by atomic mass is 9.79.